The highest BCUT2D eigenvalue weighted by Gasteiger charge is 2.35. The topological polar surface area (TPSA) is 96.0 Å². The summed E-state index contributed by atoms with van der Waals surface area (Å²) in [5.41, 5.74) is 1.65. The van der Waals surface area contributed by atoms with Gasteiger partial charge in [-0.1, -0.05) is 0 Å². The maximum atomic E-state index is 13.3. The molecule has 31 heavy (non-hydrogen) atoms. The van der Waals surface area contributed by atoms with Crippen molar-refractivity contribution in [2.45, 2.75) is 63.0 Å². The van der Waals surface area contributed by atoms with Gasteiger partial charge in [-0.25, -0.2) is 8.42 Å². The molecule has 0 aromatic heterocycles. The number of piperidine rings is 1. The molecule has 0 saturated carbocycles. The molecular weight excluding hydrogens is 418 g/mol. The van der Waals surface area contributed by atoms with E-state index in [0.29, 0.717) is 32.4 Å². The first-order chi connectivity index (χ1) is 14.8. The number of nitrogens with zero attached hydrogens (tertiary/aromatic N) is 2. The van der Waals surface area contributed by atoms with Gasteiger partial charge in [0, 0.05) is 44.9 Å². The highest BCUT2D eigenvalue weighted by atomic mass is 32.2. The summed E-state index contributed by atoms with van der Waals surface area (Å²) < 4.78 is 33.6. The molecule has 3 heterocycles. The van der Waals surface area contributed by atoms with Gasteiger partial charge in [-0.15, -0.1) is 0 Å². The molecule has 0 spiro atoms. The minimum Gasteiger partial charge on any atom is -0.376 e. The molecule has 0 aliphatic carbocycles. The normalized spacial score (nSPS) is 26.6. The molecule has 0 unspecified atom stereocenters. The smallest absolute Gasteiger partial charge is 0.243 e. The Morgan fingerprint density at radius 2 is 2.03 bits per heavy atom. The van der Waals surface area contributed by atoms with Gasteiger partial charge in [-0.2, -0.15) is 4.31 Å². The van der Waals surface area contributed by atoms with Gasteiger partial charge in [0.1, 0.15) is 0 Å². The van der Waals surface area contributed by atoms with Gasteiger partial charge in [0.15, 0.2) is 0 Å². The molecule has 8 nitrogen and oxygen atoms in total. The number of fused-ring (bicyclic) bond motifs is 1. The molecule has 0 bridgehead atoms. The van der Waals surface area contributed by atoms with E-state index in [-0.39, 0.29) is 41.3 Å². The standard InChI is InChI=1S/C22H31N3O5S/c1-15-11-18-12-20(7-8-21(18)25(15)16(2)26)31(28,29)24-9-3-5-17(14-24)22(27)23-13-19-6-4-10-30-19/h7-8,12,15,17,19H,3-6,9-11,13-14H2,1-2H3,(H,23,27)/t15-,17-,19+/m0/s1. The fraction of sp³-hybridized carbons (Fsp3) is 0.636. The first kappa shape index (κ1) is 22.2. The van der Waals surface area contributed by atoms with E-state index in [0.717, 1.165) is 30.7 Å². The Bertz CT molecular complexity index is 958. The Balaban J connectivity index is 1.45. The van der Waals surface area contributed by atoms with Crippen molar-refractivity contribution in [2.24, 2.45) is 5.92 Å². The maximum absolute atomic E-state index is 13.3. The van der Waals surface area contributed by atoms with E-state index in [1.165, 1.54) is 11.2 Å². The lowest BCUT2D eigenvalue weighted by atomic mass is 9.99. The maximum Gasteiger partial charge on any atom is 0.243 e. The summed E-state index contributed by atoms with van der Waals surface area (Å²) in [7, 11) is -3.71. The van der Waals surface area contributed by atoms with Gasteiger partial charge < -0.3 is 15.0 Å². The van der Waals surface area contributed by atoms with Crippen LogP contribution in [0.15, 0.2) is 23.1 Å². The molecule has 3 aliphatic rings. The highest BCUT2D eigenvalue weighted by Crippen LogP contribution is 2.35. The van der Waals surface area contributed by atoms with Crippen molar-refractivity contribution in [1.29, 1.82) is 0 Å². The lowest BCUT2D eigenvalue weighted by Crippen LogP contribution is -2.46. The van der Waals surface area contributed by atoms with E-state index in [2.05, 4.69) is 5.32 Å². The summed E-state index contributed by atoms with van der Waals surface area (Å²) in [6.45, 7) is 5.29. The number of ether oxygens (including phenoxy) is 1. The number of carbonyl (C=O) groups is 2. The van der Waals surface area contributed by atoms with Crippen molar-refractivity contribution >= 4 is 27.5 Å². The number of sulfonamides is 1. The van der Waals surface area contributed by atoms with Crippen LogP contribution in [0.25, 0.3) is 0 Å². The second kappa shape index (κ2) is 8.88. The third-order valence-electron chi connectivity index (χ3n) is 6.53. The van der Waals surface area contributed by atoms with Crippen LogP contribution in [-0.2, 0) is 30.8 Å². The molecule has 2 saturated heterocycles. The van der Waals surface area contributed by atoms with Gasteiger partial charge in [0.2, 0.25) is 21.8 Å². The fourth-order valence-corrected chi connectivity index (χ4v) is 6.51. The van der Waals surface area contributed by atoms with E-state index < -0.39 is 10.0 Å². The van der Waals surface area contributed by atoms with E-state index in [1.54, 1.807) is 23.1 Å². The van der Waals surface area contributed by atoms with E-state index in [1.807, 2.05) is 6.92 Å². The molecule has 2 amide bonds. The third-order valence-corrected chi connectivity index (χ3v) is 8.39. The average molecular weight is 450 g/mol. The molecule has 2 fully saturated rings. The number of rotatable bonds is 5. The van der Waals surface area contributed by atoms with Crippen molar-refractivity contribution in [2.75, 3.05) is 31.1 Å². The van der Waals surface area contributed by atoms with Gasteiger partial charge >= 0.3 is 0 Å². The van der Waals surface area contributed by atoms with Crippen LogP contribution in [0.4, 0.5) is 5.69 Å². The number of hydrogen-bond acceptors (Lipinski definition) is 5. The third kappa shape index (κ3) is 4.49. The monoisotopic (exact) mass is 449 g/mol. The van der Waals surface area contributed by atoms with Crippen LogP contribution >= 0.6 is 0 Å². The molecule has 9 heteroatoms. The lowest BCUT2D eigenvalue weighted by Gasteiger charge is -2.31. The van der Waals surface area contributed by atoms with Gasteiger partial charge in [-0.05, 0) is 62.8 Å². The Morgan fingerprint density at radius 1 is 1.23 bits per heavy atom. The van der Waals surface area contributed by atoms with E-state index in [9.17, 15) is 18.0 Å². The number of benzene rings is 1. The Hall–Kier alpha value is -1.97. The number of anilines is 1. The molecule has 3 aliphatic heterocycles. The largest absolute Gasteiger partial charge is 0.376 e. The molecule has 1 aromatic rings. The Morgan fingerprint density at radius 3 is 2.74 bits per heavy atom. The van der Waals surface area contributed by atoms with Crippen LogP contribution in [0, 0.1) is 5.92 Å². The Kier molecular flexibility index (Phi) is 6.37. The number of carbonyl (C=O) groups excluding carboxylic acids is 2. The Labute approximate surface area is 184 Å². The van der Waals surface area contributed by atoms with Crippen LogP contribution in [0.2, 0.25) is 0 Å². The van der Waals surface area contributed by atoms with E-state index in [4.69, 9.17) is 4.74 Å². The number of hydrogen-bond donors (Lipinski definition) is 1. The molecule has 4 rings (SSSR count). The second-order valence-electron chi connectivity index (χ2n) is 8.82. The van der Waals surface area contributed by atoms with Crippen molar-refractivity contribution in [3.8, 4) is 0 Å². The van der Waals surface area contributed by atoms with Crippen molar-refractivity contribution in [3.05, 3.63) is 23.8 Å². The minimum absolute atomic E-state index is 0.0114. The lowest BCUT2D eigenvalue weighted by molar-refractivity contribution is -0.126. The van der Waals surface area contributed by atoms with Crippen LogP contribution in [0.1, 0.15) is 45.1 Å². The number of nitrogens with one attached hydrogen (secondary N) is 1. The molecule has 1 N–H and O–H groups in total. The van der Waals surface area contributed by atoms with Crippen LogP contribution in [0.3, 0.4) is 0 Å². The summed E-state index contributed by atoms with van der Waals surface area (Å²) in [4.78, 5) is 26.5. The SMILES string of the molecule is CC(=O)N1c2ccc(S(=O)(=O)N3CCC[C@H](C(=O)NC[C@H]4CCCO4)C3)cc2C[C@@H]1C. The quantitative estimate of drug-likeness (QED) is 0.738. The molecule has 170 valence electrons. The average Bonchev–Trinajstić information content (AvgIpc) is 3.38. The van der Waals surface area contributed by atoms with Gasteiger partial charge in [0.05, 0.1) is 16.9 Å². The highest BCUT2D eigenvalue weighted by molar-refractivity contribution is 7.89. The zero-order valence-corrected chi connectivity index (χ0v) is 19.0. The first-order valence-electron chi connectivity index (χ1n) is 11.1. The minimum atomic E-state index is -3.71. The summed E-state index contributed by atoms with van der Waals surface area (Å²) in [5.74, 6) is -0.502. The first-order valence-corrected chi connectivity index (χ1v) is 12.5. The summed E-state index contributed by atoms with van der Waals surface area (Å²) >= 11 is 0. The second-order valence-corrected chi connectivity index (χ2v) is 10.8. The zero-order chi connectivity index (χ0) is 22.2. The predicted molar refractivity (Wildman–Crippen MR) is 116 cm³/mol. The molecule has 0 radical (unpaired) electrons. The molecule has 3 atom stereocenters. The van der Waals surface area contributed by atoms with E-state index >= 15 is 0 Å². The molecule has 1 aromatic carbocycles. The van der Waals surface area contributed by atoms with Gasteiger partial charge in [-0.3, -0.25) is 9.59 Å². The summed E-state index contributed by atoms with van der Waals surface area (Å²) in [6.07, 6.45) is 3.99. The molecular formula is C22H31N3O5S. The predicted octanol–water partition coefficient (Wildman–Crippen LogP) is 1.68. The van der Waals surface area contributed by atoms with Crippen molar-refractivity contribution < 1.29 is 22.7 Å². The number of amides is 2. The van der Waals surface area contributed by atoms with Crippen LogP contribution in [0.5, 0.6) is 0 Å². The van der Waals surface area contributed by atoms with Crippen LogP contribution < -0.4 is 10.2 Å². The van der Waals surface area contributed by atoms with Gasteiger partial charge in [0.25, 0.3) is 0 Å². The van der Waals surface area contributed by atoms with Crippen LogP contribution in [-0.4, -0.2) is 62.9 Å². The zero-order valence-electron chi connectivity index (χ0n) is 18.2. The van der Waals surface area contributed by atoms with Crippen molar-refractivity contribution in [1.82, 2.24) is 9.62 Å². The summed E-state index contributed by atoms with van der Waals surface area (Å²) in [6, 6.07) is 4.99. The summed E-state index contributed by atoms with van der Waals surface area (Å²) in [5, 5.41) is 2.94. The fourth-order valence-electron chi connectivity index (χ4n) is 4.94. The van der Waals surface area contributed by atoms with Crippen molar-refractivity contribution in [3.63, 3.8) is 0 Å².